The largest absolute Gasteiger partial charge is 0.490 e. The summed E-state index contributed by atoms with van der Waals surface area (Å²) < 4.78 is 48.8. The summed E-state index contributed by atoms with van der Waals surface area (Å²) in [4.78, 5) is 11.2. The van der Waals surface area contributed by atoms with Gasteiger partial charge in [0.1, 0.15) is 29.4 Å². The highest BCUT2D eigenvalue weighted by Gasteiger charge is 2.29. The molecule has 0 aliphatic heterocycles. The van der Waals surface area contributed by atoms with Crippen molar-refractivity contribution in [3.05, 3.63) is 95.6 Å². The van der Waals surface area contributed by atoms with Crippen molar-refractivity contribution in [2.75, 3.05) is 6.61 Å². The summed E-state index contributed by atoms with van der Waals surface area (Å²) in [5, 5.41) is 9.18. The summed E-state index contributed by atoms with van der Waals surface area (Å²) in [5.74, 6) is 0.172. The first-order valence-corrected chi connectivity index (χ1v) is 8.90. The molecule has 0 aromatic heterocycles. The van der Waals surface area contributed by atoms with E-state index < -0.39 is 17.7 Å². The van der Waals surface area contributed by atoms with Gasteiger partial charge >= 0.3 is 12.1 Å². The van der Waals surface area contributed by atoms with E-state index in [0.29, 0.717) is 17.1 Å². The van der Waals surface area contributed by atoms with E-state index in [-0.39, 0.29) is 17.9 Å². The zero-order chi connectivity index (χ0) is 21.6. The fourth-order valence-electron chi connectivity index (χ4n) is 2.57. The molecule has 0 saturated carbocycles. The van der Waals surface area contributed by atoms with Gasteiger partial charge in [0.15, 0.2) is 0 Å². The van der Waals surface area contributed by atoms with Gasteiger partial charge in [-0.3, -0.25) is 0 Å². The van der Waals surface area contributed by atoms with E-state index in [2.05, 4.69) is 0 Å². The number of carboxylic acids is 1. The normalized spacial score (nSPS) is 11.4. The van der Waals surface area contributed by atoms with Crippen molar-refractivity contribution >= 4 is 12.0 Å². The van der Waals surface area contributed by atoms with E-state index in [4.69, 9.17) is 9.47 Å². The van der Waals surface area contributed by atoms with Crippen LogP contribution in [0.4, 0.5) is 13.2 Å². The zero-order valence-electron chi connectivity index (χ0n) is 15.6. The summed E-state index contributed by atoms with van der Waals surface area (Å²) in [5.41, 5.74) is 0.00265. The molecule has 0 aliphatic rings. The number of hydrogen-bond donors (Lipinski definition) is 1. The highest BCUT2D eigenvalue weighted by atomic mass is 19.4. The molecule has 0 saturated heterocycles. The average molecular weight is 414 g/mol. The predicted molar refractivity (Wildman–Crippen MR) is 106 cm³/mol. The Morgan fingerprint density at radius 3 is 2.17 bits per heavy atom. The first-order chi connectivity index (χ1) is 14.3. The van der Waals surface area contributed by atoms with E-state index in [1.165, 1.54) is 18.2 Å². The van der Waals surface area contributed by atoms with Gasteiger partial charge < -0.3 is 14.6 Å². The quantitative estimate of drug-likeness (QED) is 0.494. The Balaban J connectivity index is 1.54. The Labute approximate surface area is 170 Å². The Kier molecular flexibility index (Phi) is 6.41. The van der Waals surface area contributed by atoms with Gasteiger partial charge in [0.2, 0.25) is 0 Å². The van der Waals surface area contributed by atoms with Crippen LogP contribution in [0.2, 0.25) is 0 Å². The summed E-state index contributed by atoms with van der Waals surface area (Å²) in [7, 11) is 0. The molecule has 154 valence electrons. The van der Waals surface area contributed by atoms with Gasteiger partial charge in [-0.1, -0.05) is 30.3 Å². The Bertz CT molecular complexity index is 1020. The standard InChI is InChI=1S/C23H17F3O4/c24-23(25,26)17-9-7-16(8-10-17)4-3-15-29-18-11-13-19(14-12-18)30-21-6-2-1-5-20(21)22(27)28/h1-14H,15H2,(H,27,28). The van der Waals surface area contributed by atoms with Crippen LogP contribution in [-0.2, 0) is 6.18 Å². The maximum Gasteiger partial charge on any atom is 0.416 e. The van der Waals surface area contributed by atoms with Gasteiger partial charge in [0.05, 0.1) is 5.56 Å². The van der Waals surface area contributed by atoms with Crippen LogP contribution in [0.25, 0.3) is 6.08 Å². The van der Waals surface area contributed by atoms with E-state index >= 15 is 0 Å². The number of rotatable bonds is 7. The van der Waals surface area contributed by atoms with Crippen molar-refractivity contribution < 1.29 is 32.5 Å². The molecule has 0 bridgehead atoms. The highest BCUT2D eigenvalue weighted by Crippen LogP contribution is 2.29. The second-order valence-electron chi connectivity index (χ2n) is 6.21. The molecule has 30 heavy (non-hydrogen) atoms. The van der Waals surface area contributed by atoms with Crippen LogP contribution < -0.4 is 9.47 Å². The molecule has 3 aromatic rings. The van der Waals surface area contributed by atoms with Gasteiger partial charge in [0.25, 0.3) is 0 Å². The molecule has 0 atom stereocenters. The van der Waals surface area contributed by atoms with Crippen LogP contribution in [0.1, 0.15) is 21.5 Å². The Morgan fingerprint density at radius 1 is 0.900 bits per heavy atom. The Morgan fingerprint density at radius 2 is 1.53 bits per heavy atom. The topological polar surface area (TPSA) is 55.8 Å². The SMILES string of the molecule is O=C(O)c1ccccc1Oc1ccc(OCC=Cc2ccc(C(F)(F)F)cc2)cc1. The van der Waals surface area contributed by atoms with Gasteiger partial charge in [-0.15, -0.1) is 0 Å². The molecule has 1 N–H and O–H groups in total. The number of halogens is 3. The fourth-order valence-corrected chi connectivity index (χ4v) is 2.57. The minimum absolute atomic E-state index is 0.0613. The lowest BCUT2D eigenvalue weighted by Crippen LogP contribution is -2.03. The number of aromatic carboxylic acids is 1. The molecule has 0 aliphatic carbocycles. The molecule has 0 radical (unpaired) electrons. The number of carbonyl (C=O) groups is 1. The van der Waals surface area contributed by atoms with Crippen LogP contribution in [0, 0.1) is 0 Å². The molecule has 0 unspecified atom stereocenters. The van der Waals surface area contributed by atoms with Gasteiger partial charge in [-0.05, 0) is 60.2 Å². The summed E-state index contributed by atoms with van der Waals surface area (Å²) in [6, 6.07) is 17.8. The van der Waals surface area contributed by atoms with E-state index in [0.717, 1.165) is 12.1 Å². The molecule has 3 aromatic carbocycles. The summed E-state index contributed by atoms with van der Waals surface area (Å²) >= 11 is 0. The number of para-hydroxylation sites is 1. The first-order valence-electron chi connectivity index (χ1n) is 8.90. The summed E-state index contributed by atoms with van der Waals surface area (Å²) in [6.07, 6.45) is -0.993. The van der Waals surface area contributed by atoms with Crippen molar-refractivity contribution in [1.82, 2.24) is 0 Å². The number of carboxylic acid groups (broad SMARTS) is 1. The van der Waals surface area contributed by atoms with Gasteiger partial charge in [-0.2, -0.15) is 13.2 Å². The molecule has 7 heteroatoms. The lowest BCUT2D eigenvalue weighted by molar-refractivity contribution is -0.137. The third-order valence-electron chi connectivity index (χ3n) is 4.06. The van der Waals surface area contributed by atoms with Crippen LogP contribution in [0.3, 0.4) is 0 Å². The van der Waals surface area contributed by atoms with Gasteiger partial charge in [-0.25, -0.2) is 4.79 Å². The monoisotopic (exact) mass is 414 g/mol. The van der Waals surface area contributed by atoms with Crippen molar-refractivity contribution in [2.45, 2.75) is 6.18 Å². The molecule has 0 fully saturated rings. The Hall–Kier alpha value is -3.74. The molecule has 3 rings (SSSR count). The minimum atomic E-state index is -4.35. The van der Waals surface area contributed by atoms with Crippen molar-refractivity contribution in [1.29, 1.82) is 0 Å². The fraction of sp³-hybridized carbons (Fsp3) is 0.0870. The van der Waals surface area contributed by atoms with Crippen molar-refractivity contribution in [3.8, 4) is 17.2 Å². The van der Waals surface area contributed by atoms with Crippen LogP contribution in [0.15, 0.2) is 78.9 Å². The number of benzene rings is 3. The first kappa shape index (κ1) is 21.0. The highest BCUT2D eigenvalue weighted by molar-refractivity contribution is 5.90. The van der Waals surface area contributed by atoms with Crippen molar-refractivity contribution in [2.24, 2.45) is 0 Å². The lowest BCUT2D eigenvalue weighted by atomic mass is 10.1. The predicted octanol–water partition coefficient (Wildman–Crippen LogP) is 6.29. The van der Waals surface area contributed by atoms with Crippen LogP contribution in [0.5, 0.6) is 17.2 Å². The smallest absolute Gasteiger partial charge is 0.416 e. The number of alkyl halides is 3. The zero-order valence-corrected chi connectivity index (χ0v) is 15.6. The molecule has 0 spiro atoms. The molecular weight excluding hydrogens is 397 g/mol. The van der Waals surface area contributed by atoms with Crippen molar-refractivity contribution in [3.63, 3.8) is 0 Å². The third-order valence-corrected chi connectivity index (χ3v) is 4.06. The van der Waals surface area contributed by atoms with E-state index in [9.17, 15) is 23.1 Å². The minimum Gasteiger partial charge on any atom is -0.490 e. The van der Waals surface area contributed by atoms with E-state index in [1.807, 2.05) is 0 Å². The molecule has 0 heterocycles. The molecule has 0 amide bonds. The maximum atomic E-state index is 12.5. The molecular formula is C23H17F3O4. The second kappa shape index (κ2) is 9.17. The number of hydrogen-bond acceptors (Lipinski definition) is 3. The van der Waals surface area contributed by atoms with Crippen LogP contribution in [-0.4, -0.2) is 17.7 Å². The van der Waals surface area contributed by atoms with E-state index in [1.54, 1.807) is 54.6 Å². The average Bonchev–Trinajstić information content (AvgIpc) is 2.72. The third kappa shape index (κ3) is 5.64. The van der Waals surface area contributed by atoms with Crippen LogP contribution >= 0.6 is 0 Å². The lowest BCUT2D eigenvalue weighted by Gasteiger charge is -2.09. The number of ether oxygens (including phenoxy) is 2. The summed E-state index contributed by atoms with van der Waals surface area (Å²) in [6.45, 7) is 0.225. The molecule has 4 nitrogen and oxygen atoms in total. The van der Waals surface area contributed by atoms with Gasteiger partial charge in [0, 0.05) is 0 Å². The second-order valence-corrected chi connectivity index (χ2v) is 6.21. The maximum absolute atomic E-state index is 12.5.